The Balaban J connectivity index is 1.65. The Hall–Kier alpha value is -4.66. The molecule has 1 fully saturated rings. The lowest BCUT2D eigenvalue weighted by molar-refractivity contribution is -0.385. The summed E-state index contributed by atoms with van der Waals surface area (Å²) in [7, 11) is 0. The van der Waals surface area contributed by atoms with Gasteiger partial charge >= 0.3 is 0 Å². The molecule has 8 nitrogen and oxygen atoms in total. The molecule has 3 aromatic rings. The second kappa shape index (κ2) is 11.2. The van der Waals surface area contributed by atoms with Crippen molar-refractivity contribution < 1.29 is 19.3 Å². The van der Waals surface area contributed by atoms with E-state index in [-0.39, 0.29) is 17.7 Å². The molecule has 180 valence electrons. The van der Waals surface area contributed by atoms with Crippen molar-refractivity contribution in [2.45, 2.75) is 32.5 Å². The molecule has 1 unspecified atom stereocenters. The highest BCUT2D eigenvalue weighted by Gasteiger charge is 2.17. The largest absolute Gasteiger partial charge is 0.464 e. The SMILES string of the molecule is Cc1cc(C#Cc2ccc([N+](=O)[O-])cc2)c(OC2CCCCO2)cc1C#Cc1ccc([N+](=O)[O-])cc1. The molecular weight excluding hydrogens is 460 g/mol. The number of nitrogens with zero attached hydrogens (tertiary/aromatic N) is 2. The van der Waals surface area contributed by atoms with Crippen LogP contribution in [0.25, 0.3) is 0 Å². The van der Waals surface area contributed by atoms with Crippen molar-refractivity contribution in [2.75, 3.05) is 6.61 Å². The Morgan fingerprint density at radius 1 is 0.806 bits per heavy atom. The maximum absolute atomic E-state index is 10.9. The maximum atomic E-state index is 10.9. The number of benzene rings is 3. The average Bonchev–Trinajstić information content (AvgIpc) is 2.89. The van der Waals surface area contributed by atoms with Gasteiger partial charge in [-0.2, -0.15) is 0 Å². The molecule has 1 heterocycles. The van der Waals surface area contributed by atoms with Crippen molar-refractivity contribution in [3.8, 4) is 29.4 Å². The van der Waals surface area contributed by atoms with Crippen LogP contribution < -0.4 is 4.74 Å². The van der Waals surface area contributed by atoms with E-state index in [1.165, 1.54) is 24.3 Å². The van der Waals surface area contributed by atoms with E-state index in [9.17, 15) is 20.2 Å². The van der Waals surface area contributed by atoms with E-state index in [1.54, 1.807) is 24.3 Å². The zero-order valence-electron chi connectivity index (χ0n) is 19.5. The molecule has 1 atom stereocenters. The van der Waals surface area contributed by atoms with Crippen LogP contribution in [0.5, 0.6) is 5.75 Å². The standard InChI is InChI=1S/C28H22N2O6/c1-20-18-24(12-6-22-9-15-26(16-10-22)30(33)34)27(36-28-4-2-3-17-35-28)19-23(20)11-5-21-7-13-25(14-8-21)29(31)32/h7-10,13-16,18-19,28H,2-4,17H2,1H3. The Labute approximate surface area is 208 Å². The number of hydrogen-bond donors (Lipinski definition) is 0. The minimum absolute atomic E-state index is 0.00538. The first-order valence-electron chi connectivity index (χ1n) is 11.3. The minimum Gasteiger partial charge on any atom is -0.464 e. The van der Waals surface area contributed by atoms with Crippen molar-refractivity contribution in [2.24, 2.45) is 0 Å². The van der Waals surface area contributed by atoms with Gasteiger partial charge in [0, 0.05) is 47.4 Å². The van der Waals surface area contributed by atoms with Gasteiger partial charge in [-0.1, -0.05) is 23.7 Å². The highest BCUT2D eigenvalue weighted by atomic mass is 16.7. The molecule has 1 aliphatic heterocycles. The number of non-ortho nitro benzene ring substituents is 2. The van der Waals surface area contributed by atoms with Gasteiger partial charge in [0.05, 0.1) is 22.0 Å². The lowest BCUT2D eigenvalue weighted by Crippen LogP contribution is -2.25. The fourth-order valence-electron chi connectivity index (χ4n) is 3.58. The van der Waals surface area contributed by atoms with Crippen molar-refractivity contribution in [3.05, 3.63) is 109 Å². The summed E-state index contributed by atoms with van der Waals surface area (Å²) in [6.07, 6.45) is 2.39. The molecule has 0 spiro atoms. The van der Waals surface area contributed by atoms with Gasteiger partial charge in [-0.05, 0) is 61.7 Å². The molecule has 0 aliphatic carbocycles. The van der Waals surface area contributed by atoms with E-state index in [4.69, 9.17) is 9.47 Å². The molecule has 3 aromatic carbocycles. The third-order valence-corrected chi connectivity index (χ3v) is 5.56. The van der Waals surface area contributed by atoms with E-state index in [0.29, 0.717) is 29.0 Å². The van der Waals surface area contributed by atoms with Crippen LogP contribution in [0.4, 0.5) is 11.4 Å². The lowest BCUT2D eigenvalue weighted by Gasteiger charge is -2.24. The molecule has 0 saturated carbocycles. The number of rotatable bonds is 4. The van der Waals surface area contributed by atoms with Gasteiger partial charge in [0.1, 0.15) is 5.75 Å². The quantitative estimate of drug-likeness (QED) is 0.276. The lowest BCUT2D eigenvalue weighted by atomic mass is 10.0. The molecule has 1 aliphatic rings. The van der Waals surface area contributed by atoms with Crippen LogP contribution in [-0.2, 0) is 4.74 Å². The Morgan fingerprint density at radius 2 is 1.36 bits per heavy atom. The van der Waals surface area contributed by atoms with E-state index in [1.807, 2.05) is 19.1 Å². The molecule has 4 rings (SSSR count). The topological polar surface area (TPSA) is 105 Å². The third kappa shape index (κ3) is 6.26. The van der Waals surface area contributed by atoms with Crippen LogP contribution in [-0.4, -0.2) is 22.7 Å². The molecule has 1 saturated heterocycles. The van der Waals surface area contributed by atoms with Crippen LogP contribution in [0, 0.1) is 50.8 Å². The zero-order chi connectivity index (χ0) is 25.5. The number of ether oxygens (including phenoxy) is 2. The summed E-state index contributed by atoms with van der Waals surface area (Å²) in [5.41, 5.74) is 3.58. The number of nitro benzene ring substituents is 2. The Bertz CT molecular complexity index is 1400. The fourth-order valence-corrected chi connectivity index (χ4v) is 3.58. The number of nitro groups is 2. The van der Waals surface area contributed by atoms with Crippen LogP contribution in [0.2, 0.25) is 0 Å². The summed E-state index contributed by atoms with van der Waals surface area (Å²) in [4.78, 5) is 20.8. The van der Waals surface area contributed by atoms with Crippen LogP contribution >= 0.6 is 0 Å². The molecule has 0 N–H and O–H groups in total. The molecular formula is C28H22N2O6. The minimum atomic E-state index is -0.451. The van der Waals surface area contributed by atoms with Crippen molar-refractivity contribution in [1.82, 2.24) is 0 Å². The van der Waals surface area contributed by atoms with E-state index in [0.717, 1.165) is 30.4 Å². The fraction of sp³-hybridized carbons (Fsp3) is 0.214. The number of hydrogen-bond acceptors (Lipinski definition) is 6. The van der Waals surface area contributed by atoms with Gasteiger partial charge in [0.25, 0.3) is 11.4 Å². The monoisotopic (exact) mass is 482 g/mol. The summed E-state index contributed by atoms with van der Waals surface area (Å²) < 4.78 is 11.9. The summed E-state index contributed by atoms with van der Waals surface area (Å²) in [6.45, 7) is 2.55. The zero-order valence-corrected chi connectivity index (χ0v) is 19.5. The van der Waals surface area contributed by atoms with Crippen molar-refractivity contribution >= 4 is 11.4 Å². The van der Waals surface area contributed by atoms with Crippen LogP contribution in [0.15, 0.2) is 60.7 Å². The van der Waals surface area contributed by atoms with Gasteiger partial charge in [0.2, 0.25) is 0 Å². The van der Waals surface area contributed by atoms with Gasteiger partial charge in [-0.3, -0.25) is 20.2 Å². The van der Waals surface area contributed by atoms with Gasteiger partial charge in [-0.25, -0.2) is 0 Å². The average molecular weight is 482 g/mol. The predicted molar refractivity (Wildman–Crippen MR) is 134 cm³/mol. The number of aryl methyl sites for hydroxylation is 1. The molecule has 8 heteroatoms. The molecule has 36 heavy (non-hydrogen) atoms. The molecule has 0 bridgehead atoms. The van der Waals surface area contributed by atoms with E-state index < -0.39 is 9.85 Å². The highest BCUT2D eigenvalue weighted by Crippen LogP contribution is 2.27. The first-order valence-corrected chi connectivity index (χ1v) is 11.3. The van der Waals surface area contributed by atoms with Gasteiger partial charge < -0.3 is 9.47 Å². The smallest absolute Gasteiger partial charge is 0.269 e. The molecule has 0 radical (unpaired) electrons. The summed E-state index contributed by atoms with van der Waals surface area (Å²) >= 11 is 0. The van der Waals surface area contributed by atoms with Crippen LogP contribution in [0.1, 0.15) is 47.1 Å². The normalized spacial score (nSPS) is 14.5. The maximum Gasteiger partial charge on any atom is 0.269 e. The van der Waals surface area contributed by atoms with Crippen molar-refractivity contribution in [1.29, 1.82) is 0 Å². The predicted octanol–water partition coefficient (Wildman–Crippen LogP) is 5.52. The van der Waals surface area contributed by atoms with Gasteiger partial charge in [0.15, 0.2) is 6.29 Å². The first-order chi connectivity index (χ1) is 17.4. The van der Waals surface area contributed by atoms with Crippen molar-refractivity contribution in [3.63, 3.8) is 0 Å². The summed E-state index contributed by atoms with van der Waals surface area (Å²) in [5, 5.41) is 21.7. The van der Waals surface area contributed by atoms with E-state index in [2.05, 4.69) is 23.7 Å². The summed E-state index contributed by atoms with van der Waals surface area (Å²) in [5.74, 6) is 12.9. The molecule has 0 amide bonds. The van der Waals surface area contributed by atoms with Gasteiger partial charge in [-0.15, -0.1) is 0 Å². The van der Waals surface area contributed by atoms with E-state index >= 15 is 0 Å². The third-order valence-electron chi connectivity index (χ3n) is 5.56. The van der Waals surface area contributed by atoms with Crippen LogP contribution in [0.3, 0.4) is 0 Å². The molecule has 0 aromatic heterocycles. The second-order valence-corrected chi connectivity index (χ2v) is 8.19. The summed E-state index contributed by atoms with van der Waals surface area (Å²) in [6, 6.07) is 15.8. The Kier molecular flexibility index (Phi) is 7.60. The first kappa shape index (κ1) is 24.5. The highest BCUT2D eigenvalue weighted by molar-refractivity contribution is 5.58. The second-order valence-electron chi connectivity index (χ2n) is 8.19. The Morgan fingerprint density at radius 3 is 1.86 bits per heavy atom.